The maximum atomic E-state index is 13.4. The SMILES string of the molecule is CN(C(=O)COC(=O)/C=C/c1ccccc1F)[C@H]1CCS(=O)(=O)C1. The van der Waals surface area contributed by atoms with Gasteiger partial charge in [0.15, 0.2) is 16.4 Å². The molecule has 1 saturated heterocycles. The Bertz CT molecular complexity index is 759. The molecule has 0 bridgehead atoms. The first-order valence-electron chi connectivity index (χ1n) is 7.34. The fraction of sp³-hybridized carbons (Fsp3) is 0.375. The lowest BCUT2D eigenvalue weighted by atomic mass is 10.2. The Morgan fingerprint density at radius 1 is 1.38 bits per heavy atom. The van der Waals surface area contributed by atoms with Crippen LogP contribution in [0.2, 0.25) is 0 Å². The van der Waals surface area contributed by atoms with Gasteiger partial charge in [0.1, 0.15) is 5.82 Å². The number of carbonyl (C=O) groups is 2. The molecule has 24 heavy (non-hydrogen) atoms. The van der Waals surface area contributed by atoms with Gasteiger partial charge in [-0.2, -0.15) is 0 Å². The molecule has 8 heteroatoms. The summed E-state index contributed by atoms with van der Waals surface area (Å²) < 4.78 is 41.0. The average molecular weight is 355 g/mol. The normalized spacial score (nSPS) is 19.3. The van der Waals surface area contributed by atoms with E-state index in [2.05, 4.69) is 0 Å². The van der Waals surface area contributed by atoms with Crippen molar-refractivity contribution in [3.8, 4) is 0 Å². The highest BCUT2D eigenvalue weighted by atomic mass is 32.2. The molecule has 0 aliphatic carbocycles. The monoisotopic (exact) mass is 355 g/mol. The van der Waals surface area contributed by atoms with E-state index in [4.69, 9.17) is 4.74 Å². The quantitative estimate of drug-likeness (QED) is 0.582. The van der Waals surface area contributed by atoms with Crippen LogP contribution in [0.4, 0.5) is 4.39 Å². The number of esters is 1. The molecule has 1 amide bonds. The topological polar surface area (TPSA) is 80.8 Å². The summed E-state index contributed by atoms with van der Waals surface area (Å²) in [6.07, 6.45) is 2.67. The van der Waals surface area contributed by atoms with E-state index in [1.165, 1.54) is 36.2 Å². The molecule has 0 spiro atoms. The fourth-order valence-electron chi connectivity index (χ4n) is 2.34. The zero-order valence-electron chi connectivity index (χ0n) is 13.1. The number of amides is 1. The van der Waals surface area contributed by atoms with Crippen LogP contribution in [-0.4, -0.2) is 56.4 Å². The summed E-state index contributed by atoms with van der Waals surface area (Å²) in [7, 11) is -1.61. The van der Waals surface area contributed by atoms with Gasteiger partial charge in [0.25, 0.3) is 5.91 Å². The minimum absolute atomic E-state index is 0.0560. The third-order valence-corrected chi connectivity index (χ3v) is 5.54. The van der Waals surface area contributed by atoms with E-state index in [9.17, 15) is 22.4 Å². The molecule has 1 heterocycles. The number of ether oxygens (including phenoxy) is 1. The summed E-state index contributed by atoms with van der Waals surface area (Å²) in [4.78, 5) is 24.8. The van der Waals surface area contributed by atoms with Crippen molar-refractivity contribution < 1.29 is 27.1 Å². The van der Waals surface area contributed by atoms with E-state index in [0.29, 0.717) is 6.42 Å². The minimum Gasteiger partial charge on any atom is -0.452 e. The molecule has 1 aliphatic heterocycles. The third-order valence-electron chi connectivity index (χ3n) is 3.79. The molecule has 2 rings (SSSR count). The molecule has 0 unspecified atom stereocenters. The van der Waals surface area contributed by atoms with Crippen molar-refractivity contribution in [3.05, 3.63) is 41.7 Å². The summed E-state index contributed by atoms with van der Waals surface area (Å²) in [5.41, 5.74) is 0.231. The molecule has 0 aromatic heterocycles. The first kappa shape index (κ1) is 18.1. The lowest BCUT2D eigenvalue weighted by molar-refractivity contribution is -0.148. The molecule has 0 saturated carbocycles. The van der Waals surface area contributed by atoms with Gasteiger partial charge in [0, 0.05) is 24.7 Å². The number of carbonyl (C=O) groups excluding carboxylic acids is 2. The highest BCUT2D eigenvalue weighted by molar-refractivity contribution is 7.91. The summed E-state index contributed by atoms with van der Waals surface area (Å²) in [5, 5.41) is 0. The summed E-state index contributed by atoms with van der Waals surface area (Å²) in [6.45, 7) is -0.493. The molecular formula is C16H18FNO5S. The average Bonchev–Trinajstić information content (AvgIpc) is 2.91. The lowest BCUT2D eigenvalue weighted by Crippen LogP contribution is -2.40. The van der Waals surface area contributed by atoms with Gasteiger partial charge in [0.05, 0.1) is 11.5 Å². The molecule has 130 valence electrons. The Morgan fingerprint density at radius 2 is 2.08 bits per heavy atom. The number of hydrogen-bond acceptors (Lipinski definition) is 5. The zero-order chi connectivity index (χ0) is 17.7. The first-order chi connectivity index (χ1) is 11.3. The maximum Gasteiger partial charge on any atom is 0.331 e. The largest absolute Gasteiger partial charge is 0.452 e. The van der Waals surface area contributed by atoms with E-state index >= 15 is 0 Å². The van der Waals surface area contributed by atoms with Crippen molar-refractivity contribution in [2.45, 2.75) is 12.5 Å². The van der Waals surface area contributed by atoms with Crippen LogP contribution in [0.25, 0.3) is 6.08 Å². The van der Waals surface area contributed by atoms with Crippen LogP contribution in [-0.2, 0) is 24.2 Å². The van der Waals surface area contributed by atoms with Gasteiger partial charge >= 0.3 is 5.97 Å². The lowest BCUT2D eigenvalue weighted by Gasteiger charge is -2.22. The molecule has 0 radical (unpaired) electrons. The van der Waals surface area contributed by atoms with Crippen LogP contribution in [0, 0.1) is 5.82 Å². The van der Waals surface area contributed by atoms with E-state index in [1.54, 1.807) is 6.07 Å². The van der Waals surface area contributed by atoms with Crippen molar-refractivity contribution >= 4 is 27.8 Å². The van der Waals surface area contributed by atoms with Crippen LogP contribution in [0.1, 0.15) is 12.0 Å². The highest BCUT2D eigenvalue weighted by Crippen LogP contribution is 2.16. The van der Waals surface area contributed by atoms with Gasteiger partial charge in [0.2, 0.25) is 0 Å². The van der Waals surface area contributed by atoms with Gasteiger partial charge < -0.3 is 9.64 Å². The minimum atomic E-state index is -3.10. The van der Waals surface area contributed by atoms with Crippen molar-refractivity contribution in [1.29, 1.82) is 0 Å². The van der Waals surface area contributed by atoms with Gasteiger partial charge in [-0.25, -0.2) is 17.6 Å². The molecule has 1 aromatic rings. The Balaban J connectivity index is 1.83. The van der Waals surface area contributed by atoms with Gasteiger partial charge in [-0.05, 0) is 18.6 Å². The number of benzene rings is 1. The van der Waals surface area contributed by atoms with E-state index in [-0.39, 0.29) is 17.1 Å². The highest BCUT2D eigenvalue weighted by Gasteiger charge is 2.32. The van der Waals surface area contributed by atoms with E-state index in [0.717, 1.165) is 6.08 Å². The van der Waals surface area contributed by atoms with Gasteiger partial charge in [-0.3, -0.25) is 4.79 Å². The second kappa shape index (κ2) is 7.57. The summed E-state index contributed by atoms with van der Waals surface area (Å²) in [6, 6.07) is 5.53. The van der Waals surface area contributed by atoms with Crippen LogP contribution < -0.4 is 0 Å². The molecule has 6 nitrogen and oxygen atoms in total. The number of halogens is 1. The smallest absolute Gasteiger partial charge is 0.331 e. The third kappa shape index (κ3) is 4.89. The standard InChI is InChI=1S/C16H18FNO5S/c1-18(13-8-9-24(21,22)11-13)15(19)10-23-16(20)7-6-12-4-2-3-5-14(12)17/h2-7,13H,8-11H2,1H3/b7-6+/t13-/m0/s1. The molecule has 0 N–H and O–H groups in total. The predicted octanol–water partition coefficient (Wildman–Crippen LogP) is 1.03. The Kier molecular flexibility index (Phi) is 5.71. The maximum absolute atomic E-state index is 13.4. The molecule has 1 fully saturated rings. The number of rotatable bonds is 5. The predicted molar refractivity (Wildman–Crippen MR) is 86.2 cm³/mol. The van der Waals surface area contributed by atoms with Crippen LogP contribution >= 0.6 is 0 Å². The van der Waals surface area contributed by atoms with Gasteiger partial charge in [-0.1, -0.05) is 18.2 Å². The van der Waals surface area contributed by atoms with Crippen molar-refractivity contribution in [2.24, 2.45) is 0 Å². The van der Waals surface area contributed by atoms with Gasteiger partial charge in [-0.15, -0.1) is 0 Å². The van der Waals surface area contributed by atoms with Crippen molar-refractivity contribution in [3.63, 3.8) is 0 Å². The Labute approximate surface area is 139 Å². The van der Waals surface area contributed by atoms with Crippen molar-refractivity contribution in [2.75, 3.05) is 25.2 Å². The number of likely N-dealkylation sites (N-methyl/N-ethyl adjacent to an activating group) is 1. The van der Waals surface area contributed by atoms with Crippen LogP contribution in [0.15, 0.2) is 30.3 Å². The molecule has 1 aromatic carbocycles. The zero-order valence-corrected chi connectivity index (χ0v) is 14.0. The fourth-order valence-corrected chi connectivity index (χ4v) is 4.11. The second-order valence-electron chi connectivity index (χ2n) is 5.52. The number of hydrogen-bond donors (Lipinski definition) is 0. The Morgan fingerprint density at radius 3 is 2.71 bits per heavy atom. The summed E-state index contributed by atoms with van der Waals surface area (Å²) in [5.74, 6) is -1.75. The van der Waals surface area contributed by atoms with Crippen molar-refractivity contribution in [1.82, 2.24) is 4.90 Å². The molecular weight excluding hydrogens is 337 g/mol. The van der Waals surface area contributed by atoms with E-state index in [1.807, 2.05) is 0 Å². The number of sulfone groups is 1. The van der Waals surface area contributed by atoms with Crippen LogP contribution in [0.5, 0.6) is 0 Å². The second-order valence-corrected chi connectivity index (χ2v) is 7.75. The molecule has 1 aliphatic rings. The van der Waals surface area contributed by atoms with Crippen LogP contribution in [0.3, 0.4) is 0 Å². The first-order valence-corrected chi connectivity index (χ1v) is 9.16. The Hall–Kier alpha value is -2.22. The molecule has 1 atom stereocenters. The summed E-state index contributed by atoms with van der Waals surface area (Å²) >= 11 is 0. The number of nitrogens with zero attached hydrogens (tertiary/aromatic N) is 1. The van der Waals surface area contributed by atoms with E-state index < -0.39 is 40.2 Å².